The molecule has 2 unspecified atom stereocenters. The van der Waals surface area contributed by atoms with Crippen LogP contribution in [0.1, 0.15) is 43.7 Å². The zero-order chi connectivity index (χ0) is 12.1. The molecule has 1 amide bonds. The maximum atomic E-state index is 12.1. The van der Waals surface area contributed by atoms with E-state index < -0.39 is 0 Å². The van der Waals surface area contributed by atoms with Crippen molar-refractivity contribution in [3.8, 4) is 0 Å². The number of aromatic nitrogens is 1. The van der Waals surface area contributed by atoms with Crippen molar-refractivity contribution < 1.29 is 4.79 Å². The van der Waals surface area contributed by atoms with E-state index in [0.717, 1.165) is 30.8 Å². The number of hydrogen-bond acceptors (Lipinski definition) is 4. The predicted molar refractivity (Wildman–Crippen MR) is 83.4 cm³/mol. The van der Waals surface area contributed by atoms with Crippen molar-refractivity contribution in [3.63, 3.8) is 0 Å². The standard InChI is InChI=1S/C12H19N3OS.2ClH/c1-2-9(12-14-7-8-17-12)15-11(16)10-5-3-4-6-13-10;;/h7-10,13H,2-6H2,1H3,(H,15,16);2*1H. The van der Waals surface area contributed by atoms with Crippen molar-refractivity contribution in [1.29, 1.82) is 0 Å². The summed E-state index contributed by atoms with van der Waals surface area (Å²) in [5, 5.41) is 9.29. The fourth-order valence-electron chi connectivity index (χ4n) is 2.09. The van der Waals surface area contributed by atoms with Crippen LogP contribution in [0, 0.1) is 0 Å². The van der Waals surface area contributed by atoms with Gasteiger partial charge in [0.15, 0.2) is 0 Å². The molecule has 1 aromatic heterocycles. The maximum absolute atomic E-state index is 12.1. The molecule has 0 saturated carbocycles. The fourth-order valence-corrected chi connectivity index (χ4v) is 2.87. The van der Waals surface area contributed by atoms with E-state index >= 15 is 0 Å². The second-order valence-corrected chi connectivity index (χ2v) is 5.27. The van der Waals surface area contributed by atoms with Crippen molar-refractivity contribution in [1.82, 2.24) is 15.6 Å². The molecule has 1 aromatic rings. The average molecular weight is 326 g/mol. The number of thiazole rings is 1. The number of nitrogens with zero attached hydrogens (tertiary/aromatic N) is 1. The zero-order valence-electron chi connectivity index (χ0n) is 10.9. The van der Waals surface area contributed by atoms with E-state index in [1.165, 1.54) is 6.42 Å². The number of carbonyl (C=O) groups excluding carboxylic acids is 1. The first-order valence-corrected chi connectivity index (χ1v) is 7.12. The van der Waals surface area contributed by atoms with Crippen LogP contribution in [0.4, 0.5) is 0 Å². The molecule has 1 fully saturated rings. The van der Waals surface area contributed by atoms with Gasteiger partial charge in [-0.05, 0) is 25.8 Å². The van der Waals surface area contributed by atoms with E-state index in [1.54, 1.807) is 17.5 Å². The minimum Gasteiger partial charge on any atom is -0.346 e. The predicted octanol–water partition coefficient (Wildman–Crippen LogP) is 2.70. The summed E-state index contributed by atoms with van der Waals surface area (Å²) in [4.78, 5) is 16.3. The quantitative estimate of drug-likeness (QED) is 0.894. The second-order valence-electron chi connectivity index (χ2n) is 4.34. The van der Waals surface area contributed by atoms with E-state index in [0.29, 0.717) is 0 Å². The van der Waals surface area contributed by atoms with E-state index in [9.17, 15) is 4.79 Å². The smallest absolute Gasteiger partial charge is 0.237 e. The lowest BCUT2D eigenvalue weighted by Gasteiger charge is -2.24. The van der Waals surface area contributed by atoms with Gasteiger partial charge in [0.05, 0.1) is 12.1 Å². The Morgan fingerprint density at radius 2 is 2.37 bits per heavy atom. The maximum Gasteiger partial charge on any atom is 0.237 e. The van der Waals surface area contributed by atoms with Crippen LogP contribution in [0.25, 0.3) is 0 Å². The SMILES string of the molecule is CCC(NC(=O)C1CCCCN1)c1nccs1.Cl.Cl. The first kappa shape index (κ1) is 18.6. The largest absolute Gasteiger partial charge is 0.346 e. The summed E-state index contributed by atoms with van der Waals surface area (Å²) in [5.74, 6) is 0.117. The Morgan fingerprint density at radius 3 is 2.89 bits per heavy atom. The molecular formula is C12H21Cl2N3OS. The van der Waals surface area contributed by atoms with Gasteiger partial charge in [-0.1, -0.05) is 13.3 Å². The van der Waals surface area contributed by atoms with Crippen molar-refractivity contribution in [2.75, 3.05) is 6.54 Å². The van der Waals surface area contributed by atoms with Crippen LogP contribution in [-0.2, 0) is 4.79 Å². The number of rotatable bonds is 4. The van der Waals surface area contributed by atoms with E-state index in [-0.39, 0.29) is 42.8 Å². The first-order chi connectivity index (χ1) is 8.31. The normalized spacial score (nSPS) is 19.7. The van der Waals surface area contributed by atoms with Gasteiger partial charge in [0.2, 0.25) is 5.91 Å². The lowest BCUT2D eigenvalue weighted by Crippen LogP contribution is -2.47. The Bertz CT molecular complexity index is 356. The Morgan fingerprint density at radius 1 is 1.58 bits per heavy atom. The molecule has 19 heavy (non-hydrogen) atoms. The number of halogens is 2. The van der Waals surface area contributed by atoms with Gasteiger partial charge in [0.1, 0.15) is 5.01 Å². The molecule has 1 saturated heterocycles. The third-order valence-corrected chi connectivity index (χ3v) is 3.99. The number of amides is 1. The molecule has 0 radical (unpaired) electrons. The molecule has 2 heterocycles. The van der Waals surface area contributed by atoms with Crippen LogP contribution in [0.5, 0.6) is 0 Å². The third-order valence-electron chi connectivity index (χ3n) is 3.10. The summed E-state index contributed by atoms with van der Waals surface area (Å²) in [6.45, 7) is 3.02. The van der Waals surface area contributed by atoms with Crippen LogP contribution in [0.3, 0.4) is 0 Å². The van der Waals surface area contributed by atoms with Crippen LogP contribution >= 0.6 is 36.2 Å². The first-order valence-electron chi connectivity index (χ1n) is 6.24. The van der Waals surface area contributed by atoms with Crippen molar-refractivity contribution in [2.24, 2.45) is 0 Å². The van der Waals surface area contributed by atoms with E-state index in [4.69, 9.17) is 0 Å². The van der Waals surface area contributed by atoms with E-state index in [1.807, 2.05) is 5.38 Å². The van der Waals surface area contributed by atoms with Crippen molar-refractivity contribution in [3.05, 3.63) is 16.6 Å². The summed E-state index contributed by atoms with van der Waals surface area (Å²) >= 11 is 1.60. The van der Waals surface area contributed by atoms with Gasteiger partial charge in [-0.2, -0.15) is 0 Å². The molecule has 0 spiro atoms. The molecule has 0 aliphatic carbocycles. The van der Waals surface area contributed by atoms with Crippen LogP contribution in [0.15, 0.2) is 11.6 Å². The van der Waals surface area contributed by atoms with Gasteiger partial charge in [0, 0.05) is 11.6 Å². The number of carbonyl (C=O) groups is 1. The van der Waals surface area contributed by atoms with Gasteiger partial charge >= 0.3 is 0 Å². The molecule has 2 N–H and O–H groups in total. The van der Waals surface area contributed by atoms with Gasteiger partial charge in [0.25, 0.3) is 0 Å². The number of piperidine rings is 1. The topological polar surface area (TPSA) is 54.0 Å². The summed E-state index contributed by atoms with van der Waals surface area (Å²) in [7, 11) is 0. The second kappa shape index (κ2) is 9.53. The minimum absolute atomic E-state index is 0. The molecular weight excluding hydrogens is 305 g/mol. The average Bonchev–Trinajstić information content (AvgIpc) is 2.90. The molecule has 7 heteroatoms. The van der Waals surface area contributed by atoms with Crippen LogP contribution in [-0.4, -0.2) is 23.5 Å². The summed E-state index contributed by atoms with van der Waals surface area (Å²) in [6, 6.07) is 0.0454. The Hall–Kier alpha value is -0.360. The van der Waals surface area contributed by atoms with Gasteiger partial charge in [-0.3, -0.25) is 4.79 Å². The third kappa shape index (κ3) is 5.26. The lowest BCUT2D eigenvalue weighted by molar-refractivity contribution is -0.124. The minimum atomic E-state index is -0.0160. The number of hydrogen-bond donors (Lipinski definition) is 2. The molecule has 1 aliphatic heterocycles. The molecule has 0 aromatic carbocycles. The Balaban J connectivity index is 0.00000162. The molecule has 0 bridgehead atoms. The van der Waals surface area contributed by atoms with Gasteiger partial charge in [-0.25, -0.2) is 4.98 Å². The summed E-state index contributed by atoms with van der Waals surface area (Å²) < 4.78 is 0. The molecule has 110 valence electrons. The number of nitrogens with one attached hydrogen (secondary N) is 2. The highest BCUT2D eigenvalue weighted by atomic mass is 35.5. The van der Waals surface area contributed by atoms with Gasteiger partial charge < -0.3 is 10.6 Å². The molecule has 2 rings (SSSR count). The fraction of sp³-hybridized carbons (Fsp3) is 0.667. The zero-order valence-corrected chi connectivity index (χ0v) is 13.4. The molecule has 1 aliphatic rings. The molecule has 2 atom stereocenters. The van der Waals surface area contributed by atoms with E-state index in [2.05, 4.69) is 22.5 Å². The van der Waals surface area contributed by atoms with Crippen LogP contribution in [0.2, 0.25) is 0 Å². The van der Waals surface area contributed by atoms with Crippen LogP contribution < -0.4 is 10.6 Å². The highest BCUT2D eigenvalue weighted by molar-refractivity contribution is 7.09. The summed E-state index contributed by atoms with van der Waals surface area (Å²) in [6.07, 6.45) is 5.92. The molecule has 4 nitrogen and oxygen atoms in total. The Kier molecular flexibility index (Phi) is 9.35. The Labute approximate surface area is 130 Å². The van der Waals surface area contributed by atoms with Crippen molar-refractivity contribution in [2.45, 2.75) is 44.7 Å². The highest BCUT2D eigenvalue weighted by Gasteiger charge is 2.23. The lowest BCUT2D eigenvalue weighted by atomic mass is 10.0. The summed E-state index contributed by atoms with van der Waals surface area (Å²) in [5.41, 5.74) is 0. The van der Waals surface area contributed by atoms with Gasteiger partial charge in [-0.15, -0.1) is 36.2 Å². The monoisotopic (exact) mass is 325 g/mol. The van der Waals surface area contributed by atoms with Crippen molar-refractivity contribution >= 4 is 42.1 Å². The highest BCUT2D eigenvalue weighted by Crippen LogP contribution is 2.19.